The second kappa shape index (κ2) is 8.82. The van der Waals surface area contributed by atoms with E-state index in [1.807, 2.05) is 45.0 Å². The largest absolute Gasteiger partial charge is 0.497 e. The SMILES string of the molecule is CCC(CC)(CNC(=O)C(C)Sc1ccc(OC)cc1)C(=O)O. The third-order valence-corrected chi connectivity index (χ3v) is 5.26. The van der Waals surface area contributed by atoms with E-state index >= 15 is 0 Å². The Morgan fingerprint density at radius 1 is 1.26 bits per heavy atom. The Balaban J connectivity index is 2.60. The van der Waals surface area contributed by atoms with E-state index in [0.29, 0.717) is 12.8 Å². The molecule has 1 aromatic rings. The molecule has 5 nitrogen and oxygen atoms in total. The van der Waals surface area contributed by atoms with E-state index in [-0.39, 0.29) is 17.7 Å². The number of hydrogen-bond donors (Lipinski definition) is 2. The highest BCUT2D eigenvalue weighted by Crippen LogP contribution is 2.27. The van der Waals surface area contributed by atoms with E-state index in [2.05, 4.69) is 5.32 Å². The average Bonchev–Trinajstić information content (AvgIpc) is 2.56. The average molecular weight is 339 g/mol. The van der Waals surface area contributed by atoms with Gasteiger partial charge in [-0.2, -0.15) is 0 Å². The number of benzene rings is 1. The second-order valence-electron chi connectivity index (χ2n) is 5.45. The number of carboxylic acid groups (broad SMARTS) is 1. The van der Waals surface area contributed by atoms with Gasteiger partial charge in [-0.3, -0.25) is 9.59 Å². The molecule has 0 aliphatic heterocycles. The third-order valence-electron chi connectivity index (χ3n) is 4.15. The van der Waals surface area contributed by atoms with Crippen LogP contribution in [0, 0.1) is 5.41 Å². The number of thioether (sulfide) groups is 1. The molecule has 2 N–H and O–H groups in total. The highest BCUT2D eigenvalue weighted by molar-refractivity contribution is 8.00. The van der Waals surface area contributed by atoms with Crippen molar-refractivity contribution in [3.63, 3.8) is 0 Å². The summed E-state index contributed by atoms with van der Waals surface area (Å²) >= 11 is 1.43. The zero-order valence-corrected chi connectivity index (χ0v) is 14.9. The number of carboxylic acids is 1. The van der Waals surface area contributed by atoms with Gasteiger partial charge in [-0.25, -0.2) is 0 Å². The molecular weight excluding hydrogens is 314 g/mol. The molecule has 1 amide bonds. The number of ether oxygens (including phenoxy) is 1. The molecule has 1 rings (SSSR count). The Labute approximate surface area is 141 Å². The van der Waals surface area contributed by atoms with Crippen LogP contribution in [0.4, 0.5) is 0 Å². The van der Waals surface area contributed by atoms with Crippen LogP contribution >= 0.6 is 11.8 Å². The van der Waals surface area contributed by atoms with E-state index in [0.717, 1.165) is 10.6 Å². The molecule has 0 bridgehead atoms. The first kappa shape index (κ1) is 19.4. The van der Waals surface area contributed by atoms with Crippen molar-refractivity contribution in [1.82, 2.24) is 5.32 Å². The van der Waals surface area contributed by atoms with Gasteiger partial charge in [0, 0.05) is 11.4 Å². The van der Waals surface area contributed by atoms with Crippen LogP contribution in [-0.4, -0.2) is 35.9 Å². The Kier molecular flexibility index (Phi) is 7.42. The highest BCUT2D eigenvalue weighted by Gasteiger charge is 2.35. The molecule has 1 aromatic carbocycles. The minimum atomic E-state index is -0.889. The smallest absolute Gasteiger partial charge is 0.311 e. The zero-order chi connectivity index (χ0) is 17.5. The number of amides is 1. The van der Waals surface area contributed by atoms with Gasteiger partial charge in [-0.05, 0) is 44.0 Å². The monoisotopic (exact) mass is 339 g/mol. The van der Waals surface area contributed by atoms with Gasteiger partial charge in [-0.1, -0.05) is 13.8 Å². The van der Waals surface area contributed by atoms with Crippen LogP contribution in [0.25, 0.3) is 0 Å². The topological polar surface area (TPSA) is 75.6 Å². The van der Waals surface area contributed by atoms with Crippen molar-refractivity contribution in [3.8, 4) is 5.75 Å². The lowest BCUT2D eigenvalue weighted by Gasteiger charge is -2.27. The Bertz CT molecular complexity index is 526. The molecule has 0 fully saturated rings. The molecule has 128 valence electrons. The summed E-state index contributed by atoms with van der Waals surface area (Å²) in [5, 5.41) is 11.9. The van der Waals surface area contributed by atoms with Crippen molar-refractivity contribution in [2.24, 2.45) is 5.41 Å². The fraction of sp³-hybridized carbons (Fsp3) is 0.529. The lowest BCUT2D eigenvalue weighted by Crippen LogP contribution is -2.44. The molecule has 6 heteroatoms. The fourth-order valence-corrected chi connectivity index (χ4v) is 3.08. The Morgan fingerprint density at radius 2 is 1.83 bits per heavy atom. The number of carbonyl (C=O) groups excluding carboxylic acids is 1. The minimum Gasteiger partial charge on any atom is -0.497 e. The van der Waals surface area contributed by atoms with Crippen LogP contribution in [0.2, 0.25) is 0 Å². The van der Waals surface area contributed by atoms with Gasteiger partial charge in [-0.15, -0.1) is 11.8 Å². The summed E-state index contributed by atoms with van der Waals surface area (Å²) in [7, 11) is 1.61. The Morgan fingerprint density at radius 3 is 2.26 bits per heavy atom. The lowest BCUT2D eigenvalue weighted by molar-refractivity contribution is -0.149. The van der Waals surface area contributed by atoms with Gasteiger partial charge in [0.15, 0.2) is 0 Å². The molecule has 23 heavy (non-hydrogen) atoms. The number of aliphatic carboxylic acids is 1. The number of methoxy groups -OCH3 is 1. The number of nitrogens with one attached hydrogen (secondary N) is 1. The normalized spacial score (nSPS) is 12.5. The van der Waals surface area contributed by atoms with Gasteiger partial charge in [0.1, 0.15) is 5.75 Å². The Hall–Kier alpha value is -1.69. The summed E-state index contributed by atoms with van der Waals surface area (Å²) in [5.74, 6) is -0.250. The number of carbonyl (C=O) groups is 2. The quantitative estimate of drug-likeness (QED) is 0.676. The molecule has 0 aromatic heterocycles. The summed E-state index contributed by atoms with van der Waals surface area (Å²) in [6.45, 7) is 5.63. The van der Waals surface area contributed by atoms with E-state index in [4.69, 9.17) is 4.74 Å². The van der Waals surface area contributed by atoms with E-state index < -0.39 is 11.4 Å². The predicted molar refractivity (Wildman–Crippen MR) is 92.0 cm³/mol. The van der Waals surface area contributed by atoms with Crippen LogP contribution in [0.5, 0.6) is 5.75 Å². The molecule has 0 heterocycles. The predicted octanol–water partition coefficient (Wildman–Crippen LogP) is 3.18. The fourth-order valence-electron chi connectivity index (χ4n) is 2.19. The first-order valence-electron chi connectivity index (χ1n) is 7.70. The van der Waals surface area contributed by atoms with Crippen molar-refractivity contribution in [2.45, 2.75) is 43.8 Å². The maximum absolute atomic E-state index is 12.2. The summed E-state index contributed by atoms with van der Waals surface area (Å²) in [6, 6.07) is 7.48. The molecule has 0 spiro atoms. The summed E-state index contributed by atoms with van der Waals surface area (Å²) in [6.07, 6.45) is 0.970. The van der Waals surface area contributed by atoms with E-state index in [9.17, 15) is 14.7 Å². The first-order chi connectivity index (χ1) is 10.9. The standard InChI is InChI=1S/C17H25NO4S/c1-5-17(6-2,16(20)21)11-18-15(19)12(3)23-14-9-7-13(22-4)8-10-14/h7-10,12H,5-6,11H2,1-4H3,(H,18,19)(H,20,21). The van der Waals surface area contributed by atoms with Crippen molar-refractivity contribution < 1.29 is 19.4 Å². The van der Waals surface area contributed by atoms with Crippen LogP contribution in [0.15, 0.2) is 29.2 Å². The molecule has 0 saturated carbocycles. The summed E-state index contributed by atoms with van der Waals surface area (Å²) < 4.78 is 5.10. The van der Waals surface area contributed by atoms with E-state index in [1.54, 1.807) is 7.11 Å². The molecule has 1 atom stereocenters. The van der Waals surface area contributed by atoms with Crippen LogP contribution < -0.4 is 10.1 Å². The minimum absolute atomic E-state index is 0.154. The van der Waals surface area contributed by atoms with Crippen LogP contribution in [-0.2, 0) is 9.59 Å². The molecule has 0 aliphatic rings. The summed E-state index contributed by atoms with van der Waals surface area (Å²) in [5.41, 5.74) is -0.889. The molecule has 0 saturated heterocycles. The van der Waals surface area contributed by atoms with Crippen molar-refractivity contribution >= 4 is 23.6 Å². The lowest BCUT2D eigenvalue weighted by atomic mass is 9.82. The molecule has 0 radical (unpaired) electrons. The second-order valence-corrected chi connectivity index (χ2v) is 6.86. The van der Waals surface area contributed by atoms with Gasteiger partial charge in [0.2, 0.25) is 5.91 Å². The summed E-state index contributed by atoms with van der Waals surface area (Å²) in [4.78, 5) is 24.6. The van der Waals surface area contributed by atoms with Crippen LogP contribution in [0.3, 0.4) is 0 Å². The highest BCUT2D eigenvalue weighted by atomic mass is 32.2. The van der Waals surface area contributed by atoms with Gasteiger partial charge in [0.05, 0.1) is 17.8 Å². The zero-order valence-electron chi connectivity index (χ0n) is 14.1. The number of rotatable bonds is 9. The number of hydrogen-bond acceptors (Lipinski definition) is 4. The molecule has 0 aliphatic carbocycles. The van der Waals surface area contributed by atoms with Gasteiger partial charge < -0.3 is 15.2 Å². The first-order valence-corrected chi connectivity index (χ1v) is 8.58. The van der Waals surface area contributed by atoms with Crippen molar-refractivity contribution in [1.29, 1.82) is 0 Å². The van der Waals surface area contributed by atoms with Crippen LogP contribution in [0.1, 0.15) is 33.6 Å². The molecular formula is C17H25NO4S. The molecule has 1 unspecified atom stereocenters. The maximum atomic E-state index is 12.2. The maximum Gasteiger partial charge on any atom is 0.311 e. The van der Waals surface area contributed by atoms with Gasteiger partial charge >= 0.3 is 5.97 Å². The van der Waals surface area contributed by atoms with Crippen molar-refractivity contribution in [2.75, 3.05) is 13.7 Å². The van der Waals surface area contributed by atoms with E-state index in [1.165, 1.54) is 11.8 Å². The third kappa shape index (κ3) is 5.16. The van der Waals surface area contributed by atoms with Crippen molar-refractivity contribution in [3.05, 3.63) is 24.3 Å². The van der Waals surface area contributed by atoms with Gasteiger partial charge in [0.25, 0.3) is 0 Å².